The lowest BCUT2D eigenvalue weighted by Crippen LogP contribution is -2.24. The number of rotatable bonds is 8. The summed E-state index contributed by atoms with van der Waals surface area (Å²) < 4.78 is 13.7. The van der Waals surface area contributed by atoms with Gasteiger partial charge < -0.3 is 19.9 Å². The molecule has 1 aliphatic heterocycles. The molecule has 1 aliphatic rings. The highest BCUT2D eigenvalue weighted by Gasteiger charge is 2.22. The number of aromatic nitrogens is 3. The summed E-state index contributed by atoms with van der Waals surface area (Å²) >= 11 is 0. The van der Waals surface area contributed by atoms with E-state index < -0.39 is 5.97 Å². The van der Waals surface area contributed by atoms with Crippen molar-refractivity contribution < 1.29 is 19.4 Å². The van der Waals surface area contributed by atoms with Crippen LogP contribution in [0.2, 0.25) is 0 Å². The standard InChI is InChI=1S/C30H32N4O4/c1-18(2)38-29-25(30(35)36)16-32-34(29)27-10-6-9-26(33-27)24-8-5-7-19(3)28(24)37-17-22-12-11-21-15-31-14-13-23(21)20(22)4/h5-12,16,18,31H,13-15,17H2,1-4H3,(H,35,36). The summed E-state index contributed by atoms with van der Waals surface area (Å²) in [6, 6.07) is 15.9. The Balaban J connectivity index is 1.48. The second-order valence-corrected chi connectivity index (χ2v) is 9.78. The number of aryl methyl sites for hydroxylation is 1. The fraction of sp³-hybridized carbons (Fsp3) is 0.300. The van der Waals surface area contributed by atoms with Crippen molar-refractivity contribution in [2.24, 2.45) is 0 Å². The molecular formula is C30H32N4O4. The van der Waals surface area contributed by atoms with Crippen LogP contribution in [-0.2, 0) is 19.6 Å². The number of pyridine rings is 1. The number of carboxylic acid groups (broad SMARTS) is 1. The molecule has 8 heteroatoms. The molecule has 0 atom stereocenters. The van der Waals surface area contributed by atoms with Crippen molar-refractivity contribution in [1.29, 1.82) is 0 Å². The van der Waals surface area contributed by atoms with Crippen molar-refractivity contribution in [2.45, 2.75) is 53.4 Å². The number of hydrogen-bond acceptors (Lipinski definition) is 6. The molecule has 2 aromatic carbocycles. The number of ether oxygens (including phenoxy) is 2. The third-order valence-corrected chi connectivity index (χ3v) is 6.79. The van der Waals surface area contributed by atoms with Gasteiger partial charge in [0.1, 0.15) is 17.9 Å². The van der Waals surface area contributed by atoms with Crippen LogP contribution in [0.25, 0.3) is 17.1 Å². The highest BCUT2D eigenvalue weighted by molar-refractivity contribution is 5.90. The van der Waals surface area contributed by atoms with E-state index >= 15 is 0 Å². The molecule has 4 aromatic rings. The van der Waals surface area contributed by atoms with E-state index in [0.29, 0.717) is 18.1 Å². The number of hydrogen-bond donors (Lipinski definition) is 2. The predicted octanol–water partition coefficient (Wildman–Crippen LogP) is 5.26. The fourth-order valence-corrected chi connectivity index (χ4v) is 4.84. The lowest BCUT2D eigenvalue weighted by molar-refractivity contribution is 0.0690. The van der Waals surface area contributed by atoms with Gasteiger partial charge in [0.2, 0.25) is 5.88 Å². The number of fused-ring (bicyclic) bond motifs is 1. The maximum atomic E-state index is 11.7. The summed E-state index contributed by atoms with van der Waals surface area (Å²) in [4.78, 5) is 16.6. The summed E-state index contributed by atoms with van der Waals surface area (Å²) in [5.74, 6) is 0.264. The monoisotopic (exact) mass is 512 g/mol. The predicted molar refractivity (Wildman–Crippen MR) is 145 cm³/mol. The van der Waals surface area contributed by atoms with Gasteiger partial charge in [-0.15, -0.1) is 0 Å². The van der Waals surface area contributed by atoms with Gasteiger partial charge in [0.05, 0.1) is 18.0 Å². The minimum Gasteiger partial charge on any atom is -0.488 e. The summed E-state index contributed by atoms with van der Waals surface area (Å²) in [6.45, 7) is 10.2. The molecule has 8 nitrogen and oxygen atoms in total. The minimum atomic E-state index is -1.11. The molecule has 5 rings (SSSR count). The van der Waals surface area contributed by atoms with E-state index in [4.69, 9.17) is 14.5 Å². The molecule has 196 valence electrons. The van der Waals surface area contributed by atoms with Gasteiger partial charge in [-0.1, -0.05) is 30.3 Å². The highest BCUT2D eigenvalue weighted by Crippen LogP contribution is 2.34. The van der Waals surface area contributed by atoms with Crippen molar-refractivity contribution in [3.8, 4) is 28.7 Å². The molecule has 38 heavy (non-hydrogen) atoms. The fourth-order valence-electron chi connectivity index (χ4n) is 4.84. The molecule has 0 bridgehead atoms. The second kappa shape index (κ2) is 10.7. The van der Waals surface area contributed by atoms with E-state index in [1.54, 1.807) is 6.07 Å². The van der Waals surface area contributed by atoms with Crippen LogP contribution in [0.5, 0.6) is 11.6 Å². The van der Waals surface area contributed by atoms with Crippen LogP contribution in [0.4, 0.5) is 0 Å². The number of para-hydroxylation sites is 1. The average Bonchev–Trinajstić information content (AvgIpc) is 3.32. The minimum absolute atomic E-state index is 0.0123. The van der Waals surface area contributed by atoms with E-state index in [9.17, 15) is 9.90 Å². The van der Waals surface area contributed by atoms with Gasteiger partial charge in [0.15, 0.2) is 5.82 Å². The van der Waals surface area contributed by atoms with Crippen molar-refractivity contribution in [3.63, 3.8) is 0 Å². The van der Waals surface area contributed by atoms with Gasteiger partial charge >= 0.3 is 5.97 Å². The van der Waals surface area contributed by atoms with E-state index in [-0.39, 0.29) is 17.5 Å². The van der Waals surface area contributed by atoms with Crippen LogP contribution in [0.15, 0.2) is 54.7 Å². The third kappa shape index (κ3) is 4.99. The number of carbonyl (C=O) groups is 1. The van der Waals surface area contributed by atoms with Crippen LogP contribution < -0.4 is 14.8 Å². The Hall–Kier alpha value is -4.17. The summed E-state index contributed by atoms with van der Waals surface area (Å²) in [5, 5.41) is 17.3. The molecule has 0 saturated carbocycles. The zero-order valence-electron chi connectivity index (χ0n) is 22.1. The van der Waals surface area contributed by atoms with Gasteiger partial charge in [-0.25, -0.2) is 9.78 Å². The van der Waals surface area contributed by atoms with Gasteiger partial charge in [-0.3, -0.25) is 0 Å². The molecule has 0 spiro atoms. The summed E-state index contributed by atoms with van der Waals surface area (Å²) in [7, 11) is 0. The maximum absolute atomic E-state index is 11.7. The molecule has 2 N–H and O–H groups in total. The summed E-state index contributed by atoms with van der Waals surface area (Å²) in [6.07, 6.45) is 2.08. The Morgan fingerprint density at radius 2 is 1.95 bits per heavy atom. The Labute approximate surface area is 222 Å². The maximum Gasteiger partial charge on any atom is 0.342 e. The van der Waals surface area contributed by atoms with Crippen molar-refractivity contribution >= 4 is 5.97 Å². The highest BCUT2D eigenvalue weighted by atomic mass is 16.5. The number of aromatic carboxylic acids is 1. The molecule has 0 unspecified atom stereocenters. The van der Waals surface area contributed by atoms with Crippen LogP contribution in [-0.4, -0.2) is 38.5 Å². The number of benzene rings is 2. The van der Waals surface area contributed by atoms with E-state index in [1.807, 2.05) is 51.1 Å². The number of nitrogens with zero attached hydrogens (tertiary/aromatic N) is 3. The molecule has 3 heterocycles. The van der Waals surface area contributed by atoms with E-state index in [0.717, 1.165) is 36.4 Å². The van der Waals surface area contributed by atoms with E-state index in [1.165, 1.54) is 33.1 Å². The van der Waals surface area contributed by atoms with Crippen molar-refractivity contribution in [2.75, 3.05) is 6.54 Å². The van der Waals surface area contributed by atoms with Crippen LogP contribution in [0, 0.1) is 13.8 Å². The molecule has 0 amide bonds. The first kappa shape index (κ1) is 25.5. The molecular weight excluding hydrogens is 480 g/mol. The smallest absolute Gasteiger partial charge is 0.342 e. The second-order valence-electron chi connectivity index (χ2n) is 9.78. The molecule has 0 radical (unpaired) electrons. The largest absolute Gasteiger partial charge is 0.488 e. The van der Waals surface area contributed by atoms with Gasteiger partial charge in [0.25, 0.3) is 0 Å². The quantitative estimate of drug-likeness (QED) is 0.332. The first-order chi connectivity index (χ1) is 18.3. The lowest BCUT2D eigenvalue weighted by Gasteiger charge is -2.22. The third-order valence-electron chi connectivity index (χ3n) is 6.79. The first-order valence-corrected chi connectivity index (χ1v) is 12.8. The zero-order valence-corrected chi connectivity index (χ0v) is 22.1. The van der Waals surface area contributed by atoms with Gasteiger partial charge in [-0.05, 0) is 86.7 Å². The molecule has 0 saturated heterocycles. The summed E-state index contributed by atoms with van der Waals surface area (Å²) in [5.41, 5.74) is 7.79. The van der Waals surface area contributed by atoms with Gasteiger partial charge in [0, 0.05) is 12.1 Å². The molecule has 0 fully saturated rings. The van der Waals surface area contributed by atoms with Crippen molar-refractivity contribution in [1.82, 2.24) is 20.1 Å². The van der Waals surface area contributed by atoms with Crippen LogP contribution in [0.1, 0.15) is 52.0 Å². The molecule has 0 aliphatic carbocycles. The first-order valence-electron chi connectivity index (χ1n) is 12.8. The Kier molecular flexibility index (Phi) is 7.15. The average molecular weight is 513 g/mol. The Morgan fingerprint density at radius 3 is 2.74 bits per heavy atom. The van der Waals surface area contributed by atoms with Gasteiger partial charge in [-0.2, -0.15) is 9.78 Å². The normalized spacial score (nSPS) is 12.9. The lowest BCUT2D eigenvalue weighted by atomic mass is 9.93. The SMILES string of the molecule is Cc1cccc(-c2cccc(-n3ncc(C(=O)O)c3OC(C)C)n2)c1OCc1ccc2c(c1C)CCNC2. The topological polar surface area (TPSA) is 98.5 Å². The number of carboxylic acids is 1. The van der Waals surface area contributed by atoms with E-state index in [2.05, 4.69) is 29.5 Å². The van der Waals surface area contributed by atoms with Crippen LogP contribution in [0.3, 0.4) is 0 Å². The molecule has 2 aromatic heterocycles. The zero-order chi connectivity index (χ0) is 26.8. The Morgan fingerprint density at radius 1 is 1.13 bits per heavy atom. The van der Waals surface area contributed by atoms with Crippen molar-refractivity contribution in [3.05, 3.63) is 88.1 Å². The van der Waals surface area contributed by atoms with Crippen LogP contribution >= 0.6 is 0 Å². The Bertz CT molecular complexity index is 1490. The number of nitrogens with one attached hydrogen (secondary N) is 1.